The summed E-state index contributed by atoms with van der Waals surface area (Å²) in [4.78, 5) is 10.7. The molecule has 2 aromatic carbocycles. The Balaban J connectivity index is 2.58. The molecule has 2 aromatic rings. The molecule has 2 rings (SSSR count). The summed E-state index contributed by atoms with van der Waals surface area (Å²) in [7, 11) is 0. The number of aryl methyl sites for hydroxylation is 2. The molecule has 0 radical (unpaired) electrons. The lowest BCUT2D eigenvalue weighted by Gasteiger charge is -2.13. The quantitative estimate of drug-likeness (QED) is 0.898. The molecule has 0 unspecified atom stereocenters. The molecule has 5 heteroatoms. The molecule has 0 bridgehead atoms. The maximum absolute atomic E-state index is 14.1. The number of hydrogen-bond acceptors (Lipinski definition) is 2. The van der Waals surface area contributed by atoms with Crippen molar-refractivity contribution < 1.29 is 23.8 Å². The summed E-state index contributed by atoms with van der Waals surface area (Å²) in [6.07, 6.45) is -0.168. The molecule has 0 heterocycles. The minimum absolute atomic E-state index is 0.0327. The minimum Gasteiger partial charge on any atom is -0.507 e. The second-order valence-corrected chi connectivity index (χ2v) is 5.23. The summed E-state index contributed by atoms with van der Waals surface area (Å²) < 4.78 is 27.8. The van der Waals surface area contributed by atoms with Crippen molar-refractivity contribution in [3.8, 4) is 16.9 Å². The standard InChI is InChI=1S/C17H16F2O3/c1-9-7-12(8-11(17(9)19)3-6-15(21)22)16-10(2)13(18)4-5-14(16)20/h4-5,7-8,20H,3,6H2,1-2H3,(H,21,22). The number of aromatic hydroxyl groups is 1. The number of carbonyl (C=O) groups is 1. The highest BCUT2D eigenvalue weighted by Crippen LogP contribution is 2.35. The monoisotopic (exact) mass is 306 g/mol. The third-order valence-electron chi connectivity index (χ3n) is 3.60. The van der Waals surface area contributed by atoms with E-state index >= 15 is 0 Å². The molecule has 0 aliphatic carbocycles. The zero-order valence-electron chi connectivity index (χ0n) is 12.3. The van der Waals surface area contributed by atoms with Crippen LogP contribution in [0.1, 0.15) is 23.1 Å². The number of benzene rings is 2. The van der Waals surface area contributed by atoms with Crippen LogP contribution in [0.5, 0.6) is 5.75 Å². The molecule has 0 saturated carbocycles. The molecule has 0 aromatic heterocycles. The molecule has 22 heavy (non-hydrogen) atoms. The van der Waals surface area contributed by atoms with E-state index in [2.05, 4.69) is 0 Å². The molecule has 0 atom stereocenters. The predicted octanol–water partition coefficient (Wildman–Crippen LogP) is 3.97. The molecule has 0 saturated heterocycles. The zero-order valence-corrected chi connectivity index (χ0v) is 12.3. The zero-order chi connectivity index (χ0) is 16.4. The van der Waals surface area contributed by atoms with E-state index in [0.29, 0.717) is 16.7 Å². The molecular weight excluding hydrogens is 290 g/mol. The highest BCUT2D eigenvalue weighted by Gasteiger charge is 2.16. The van der Waals surface area contributed by atoms with Gasteiger partial charge in [-0.15, -0.1) is 0 Å². The van der Waals surface area contributed by atoms with Gasteiger partial charge < -0.3 is 10.2 Å². The number of carboxylic acid groups (broad SMARTS) is 1. The SMILES string of the molecule is Cc1cc(-c2c(O)ccc(F)c2C)cc(CCC(=O)O)c1F. The van der Waals surface area contributed by atoms with Crippen LogP contribution in [0.15, 0.2) is 24.3 Å². The topological polar surface area (TPSA) is 57.5 Å². The van der Waals surface area contributed by atoms with E-state index in [-0.39, 0.29) is 29.7 Å². The highest BCUT2D eigenvalue weighted by atomic mass is 19.1. The molecule has 0 spiro atoms. The van der Waals surface area contributed by atoms with Gasteiger partial charge in [-0.1, -0.05) is 0 Å². The second kappa shape index (κ2) is 6.13. The summed E-state index contributed by atoms with van der Waals surface area (Å²) in [5, 5.41) is 18.7. The van der Waals surface area contributed by atoms with E-state index in [1.807, 2.05) is 0 Å². The Hall–Kier alpha value is -2.43. The van der Waals surface area contributed by atoms with Crippen LogP contribution in [0.25, 0.3) is 11.1 Å². The van der Waals surface area contributed by atoms with Crippen molar-refractivity contribution in [2.75, 3.05) is 0 Å². The first-order valence-electron chi connectivity index (χ1n) is 6.80. The van der Waals surface area contributed by atoms with E-state index in [4.69, 9.17) is 5.11 Å². The van der Waals surface area contributed by atoms with Gasteiger partial charge in [0.1, 0.15) is 17.4 Å². The lowest BCUT2D eigenvalue weighted by molar-refractivity contribution is -0.136. The Bertz CT molecular complexity index is 739. The highest BCUT2D eigenvalue weighted by molar-refractivity contribution is 5.75. The van der Waals surface area contributed by atoms with Gasteiger partial charge in [0.15, 0.2) is 0 Å². The van der Waals surface area contributed by atoms with E-state index in [0.717, 1.165) is 6.07 Å². The van der Waals surface area contributed by atoms with Gasteiger partial charge in [0, 0.05) is 12.0 Å². The van der Waals surface area contributed by atoms with Crippen LogP contribution in [0, 0.1) is 25.5 Å². The molecule has 0 aliphatic heterocycles. The summed E-state index contributed by atoms with van der Waals surface area (Å²) in [6.45, 7) is 3.08. The van der Waals surface area contributed by atoms with Crippen molar-refractivity contribution in [3.05, 3.63) is 52.6 Å². The smallest absolute Gasteiger partial charge is 0.303 e. The number of aliphatic carboxylic acids is 1. The first-order valence-corrected chi connectivity index (χ1v) is 6.80. The third-order valence-corrected chi connectivity index (χ3v) is 3.60. The average molecular weight is 306 g/mol. The molecule has 3 nitrogen and oxygen atoms in total. The molecule has 0 amide bonds. The average Bonchev–Trinajstić information content (AvgIpc) is 2.45. The third kappa shape index (κ3) is 3.08. The van der Waals surface area contributed by atoms with Crippen LogP contribution >= 0.6 is 0 Å². The van der Waals surface area contributed by atoms with E-state index in [1.165, 1.54) is 25.1 Å². The van der Waals surface area contributed by atoms with Crippen LogP contribution < -0.4 is 0 Å². The van der Waals surface area contributed by atoms with Gasteiger partial charge in [-0.05, 0) is 66.8 Å². The van der Waals surface area contributed by atoms with Crippen molar-refractivity contribution in [2.24, 2.45) is 0 Å². The van der Waals surface area contributed by atoms with Crippen molar-refractivity contribution in [3.63, 3.8) is 0 Å². The van der Waals surface area contributed by atoms with Gasteiger partial charge in [0.25, 0.3) is 0 Å². The van der Waals surface area contributed by atoms with Gasteiger partial charge in [-0.3, -0.25) is 4.79 Å². The van der Waals surface area contributed by atoms with E-state index in [9.17, 15) is 18.7 Å². The summed E-state index contributed by atoms with van der Waals surface area (Å²) in [6, 6.07) is 5.39. The number of phenolic OH excluding ortho intramolecular Hbond substituents is 1. The van der Waals surface area contributed by atoms with Gasteiger partial charge in [-0.25, -0.2) is 8.78 Å². The molecule has 116 valence electrons. The predicted molar refractivity (Wildman–Crippen MR) is 78.9 cm³/mol. The van der Waals surface area contributed by atoms with E-state index < -0.39 is 17.6 Å². The Labute approximate surface area is 126 Å². The van der Waals surface area contributed by atoms with Crippen LogP contribution in [0.2, 0.25) is 0 Å². The largest absolute Gasteiger partial charge is 0.507 e. The maximum Gasteiger partial charge on any atom is 0.303 e. The first kappa shape index (κ1) is 15.9. The molecular formula is C17H16F2O3. The van der Waals surface area contributed by atoms with Crippen molar-refractivity contribution in [1.82, 2.24) is 0 Å². The normalized spacial score (nSPS) is 10.7. The number of halogens is 2. The van der Waals surface area contributed by atoms with Crippen molar-refractivity contribution in [1.29, 1.82) is 0 Å². The fraction of sp³-hybridized carbons (Fsp3) is 0.235. The summed E-state index contributed by atoms with van der Waals surface area (Å²) in [5.41, 5.74) is 1.57. The van der Waals surface area contributed by atoms with Crippen molar-refractivity contribution >= 4 is 5.97 Å². The summed E-state index contributed by atoms with van der Waals surface area (Å²) >= 11 is 0. The van der Waals surface area contributed by atoms with Crippen molar-refractivity contribution in [2.45, 2.75) is 26.7 Å². The van der Waals surface area contributed by atoms with Gasteiger partial charge >= 0.3 is 5.97 Å². The van der Waals surface area contributed by atoms with Crippen LogP contribution in [0.3, 0.4) is 0 Å². The first-order chi connectivity index (χ1) is 10.3. The number of rotatable bonds is 4. The van der Waals surface area contributed by atoms with Crippen LogP contribution in [-0.2, 0) is 11.2 Å². The lowest BCUT2D eigenvalue weighted by Crippen LogP contribution is -2.02. The fourth-order valence-electron chi connectivity index (χ4n) is 2.45. The van der Waals surface area contributed by atoms with Gasteiger partial charge in [0.2, 0.25) is 0 Å². The Morgan fingerprint density at radius 1 is 1.18 bits per heavy atom. The molecule has 0 fully saturated rings. The Morgan fingerprint density at radius 2 is 1.86 bits per heavy atom. The van der Waals surface area contributed by atoms with Gasteiger partial charge in [0.05, 0.1) is 0 Å². The van der Waals surface area contributed by atoms with Gasteiger partial charge in [-0.2, -0.15) is 0 Å². The second-order valence-electron chi connectivity index (χ2n) is 5.23. The Kier molecular flexibility index (Phi) is 4.45. The summed E-state index contributed by atoms with van der Waals surface area (Å²) in [5.74, 6) is -2.07. The van der Waals surface area contributed by atoms with Crippen LogP contribution in [-0.4, -0.2) is 16.2 Å². The minimum atomic E-state index is -1.02. The maximum atomic E-state index is 14.1. The Morgan fingerprint density at radius 3 is 2.50 bits per heavy atom. The lowest BCUT2D eigenvalue weighted by atomic mass is 9.94. The number of phenols is 1. The molecule has 0 aliphatic rings. The number of carboxylic acids is 1. The fourth-order valence-corrected chi connectivity index (χ4v) is 2.45. The van der Waals surface area contributed by atoms with E-state index in [1.54, 1.807) is 6.92 Å². The van der Waals surface area contributed by atoms with Crippen LogP contribution in [0.4, 0.5) is 8.78 Å². The molecule has 2 N–H and O–H groups in total. The number of hydrogen-bond donors (Lipinski definition) is 2.